The number of benzene rings is 1. The number of Topliss-reactive ketones (excluding diaryl/α,β-unsaturated/α-hetero) is 1. The number of hydrogen-bond donors (Lipinski definition) is 2. The highest BCUT2D eigenvalue weighted by Gasteiger charge is 2.26. The van der Waals surface area contributed by atoms with Crippen LogP contribution in [-0.4, -0.2) is 51.4 Å². The maximum Gasteiger partial charge on any atom is 0.332 e. The number of anilines is 1. The van der Waals surface area contributed by atoms with Crippen LogP contribution in [-0.2, 0) is 14.1 Å². The van der Waals surface area contributed by atoms with Crippen LogP contribution in [0.5, 0.6) is 0 Å². The normalized spacial score (nSPS) is 15.2. The maximum absolute atomic E-state index is 13.0. The number of hydrogen-bond acceptors (Lipinski definition) is 6. The van der Waals surface area contributed by atoms with Crippen LogP contribution in [0.4, 0.5) is 10.2 Å². The first-order valence-electron chi connectivity index (χ1n) is 9.56. The molecule has 0 unspecified atom stereocenters. The number of piperidine rings is 1. The number of nitrogens with two attached hydrogens (primary N) is 1. The van der Waals surface area contributed by atoms with Gasteiger partial charge in [0.1, 0.15) is 17.2 Å². The summed E-state index contributed by atoms with van der Waals surface area (Å²) >= 11 is 0. The molecular weight excluding hydrogens is 393 g/mol. The molecule has 30 heavy (non-hydrogen) atoms. The molecule has 1 aliphatic heterocycles. The number of halogens is 1. The van der Waals surface area contributed by atoms with Crippen molar-refractivity contribution in [3.8, 4) is 0 Å². The molecule has 1 aromatic heterocycles. The molecule has 3 N–H and O–H groups in total. The number of nitrogen functional groups attached to an aromatic ring is 1. The lowest BCUT2D eigenvalue weighted by molar-refractivity contribution is 0.0858. The van der Waals surface area contributed by atoms with Gasteiger partial charge in [-0.05, 0) is 37.1 Å². The summed E-state index contributed by atoms with van der Waals surface area (Å²) in [5.74, 6) is -1.27. The maximum atomic E-state index is 13.0. The topological polar surface area (TPSA) is 119 Å². The molecule has 9 nitrogen and oxygen atoms in total. The monoisotopic (exact) mass is 417 g/mol. The van der Waals surface area contributed by atoms with Gasteiger partial charge in [0, 0.05) is 38.8 Å². The molecule has 0 atom stereocenters. The van der Waals surface area contributed by atoms with Crippen molar-refractivity contribution in [2.45, 2.75) is 18.9 Å². The number of nitrogens with zero attached hydrogens (tertiary/aromatic N) is 3. The second-order valence-corrected chi connectivity index (χ2v) is 7.42. The molecule has 0 spiro atoms. The Labute approximate surface area is 171 Å². The van der Waals surface area contributed by atoms with E-state index in [1.54, 1.807) is 0 Å². The number of nitrogens with one attached hydrogen (secondary N) is 1. The van der Waals surface area contributed by atoms with Crippen molar-refractivity contribution in [2.24, 2.45) is 14.1 Å². The predicted molar refractivity (Wildman–Crippen MR) is 109 cm³/mol. The minimum atomic E-state index is -0.706. The van der Waals surface area contributed by atoms with Gasteiger partial charge in [0.2, 0.25) is 0 Å². The van der Waals surface area contributed by atoms with Gasteiger partial charge in [-0.1, -0.05) is 0 Å². The summed E-state index contributed by atoms with van der Waals surface area (Å²) < 4.78 is 14.9. The number of aromatic nitrogens is 2. The number of carbonyl (C=O) groups excluding carboxylic acids is 2. The van der Waals surface area contributed by atoms with Crippen LogP contribution in [0.15, 0.2) is 33.9 Å². The van der Waals surface area contributed by atoms with Crippen molar-refractivity contribution in [3.63, 3.8) is 0 Å². The largest absolute Gasteiger partial charge is 0.384 e. The Hall–Kier alpha value is -3.27. The second kappa shape index (κ2) is 8.62. The van der Waals surface area contributed by atoms with Crippen LogP contribution < -0.4 is 22.3 Å². The summed E-state index contributed by atoms with van der Waals surface area (Å²) in [7, 11) is 2.71. The average molecular weight is 417 g/mol. The van der Waals surface area contributed by atoms with Gasteiger partial charge < -0.3 is 11.1 Å². The number of likely N-dealkylation sites (tertiary alicyclic amines) is 1. The minimum absolute atomic E-state index is 0.00370. The van der Waals surface area contributed by atoms with E-state index in [0.717, 1.165) is 9.13 Å². The highest BCUT2D eigenvalue weighted by Crippen LogP contribution is 2.13. The molecule has 0 saturated carbocycles. The summed E-state index contributed by atoms with van der Waals surface area (Å²) in [6.45, 7) is 1.09. The minimum Gasteiger partial charge on any atom is -0.384 e. The highest BCUT2D eigenvalue weighted by molar-refractivity contribution is 6.01. The summed E-state index contributed by atoms with van der Waals surface area (Å²) in [6, 6.07) is 5.26. The third-order valence-corrected chi connectivity index (χ3v) is 5.39. The zero-order valence-electron chi connectivity index (χ0n) is 16.9. The van der Waals surface area contributed by atoms with Crippen LogP contribution in [0.2, 0.25) is 0 Å². The van der Waals surface area contributed by atoms with Crippen molar-refractivity contribution < 1.29 is 14.0 Å². The molecule has 2 aromatic rings. The molecule has 2 heterocycles. The van der Waals surface area contributed by atoms with Crippen molar-refractivity contribution in [2.75, 3.05) is 25.4 Å². The first-order valence-corrected chi connectivity index (χ1v) is 9.56. The van der Waals surface area contributed by atoms with E-state index in [1.807, 2.05) is 4.90 Å². The van der Waals surface area contributed by atoms with Gasteiger partial charge >= 0.3 is 5.69 Å². The molecule has 1 aliphatic rings. The first kappa shape index (κ1) is 21.4. The van der Waals surface area contributed by atoms with Crippen LogP contribution >= 0.6 is 0 Å². The van der Waals surface area contributed by atoms with Gasteiger partial charge in [-0.3, -0.25) is 28.4 Å². The Bertz CT molecular complexity index is 1080. The number of amides is 1. The van der Waals surface area contributed by atoms with E-state index in [-0.39, 0.29) is 29.9 Å². The molecule has 0 aliphatic carbocycles. The van der Waals surface area contributed by atoms with Gasteiger partial charge in [-0.2, -0.15) is 0 Å². The molecule has 0 radical (unpaired) electrons. The zero-order chi connectivity index (χ0) is 22.0. The summed E-state index contributed by atoms with van der Waals surface area (Å²) in [5, 5.41) is 2.92. The fourth-order valence-electron chi connectivity index (χ4n) is 3.51. The molecule has 0 bridgehead atoms. The summed E-state index contributed by atoms with van der Waals surface area (Å²) in [4.78, 5) is 51.1. The predicted octanol–water partition coefficient (Wildman–Crippen LogP) is -0.118. The number of carbonyl (C=O) groups is 2. The molecule has 3 rings (SSSR count). The van der Waals surface area contributed by atoms with E-state index in [1.165, 1.54) is 38.4 Å². The van der Waals surface area contributed by atoms with E-state index in [4.69, 9.17) is 5.73 Å². The van der Waals surface area contributed by atoms with E-state index in [0.29, 0.717) is 31.5 Å². The van der Waals surface area contributed by atoms with Crippen molar-refractivity contribution in [3.05, 3.63) is 62.0 Å². The van der Waals surface area contributed by atoms with Gasteiger partial charge in [0.25, 0.3) is 11.5 Å². The lowest BCUT2D eigenvalue weighted by Crippen LogP contribution is -2.47. The quantitative estimate of drug-likeness (QED) is 0.655. The standard InChI is InChI=1S/C20H24FN5O4/c1-24-17(22)16(19(29)25(2)20(24)30)15(27)11-26-9-7-14(8-10-26)23-18(28)12-3-5-13(21)6-4-12/h3-6,14H,7-11,22H2,1-2H3,(H,23,28). The van der Waals surface area contributed by atoms with E-state index in [9.17, 15) is 23.6 Å². The van der Waals surface area contributed by atoms with E-state index < -0.39 is 22.8 Å². The second-order valence-electron chi connectivity index (χ2n) is 7.42. The summed E-state index contributed by atoms with van der Waals surface area (Å²) in [6.07, 6.45) is 1.25. The third-order valence-electron chi connectivity index (χ3n) is 5.39. The zero-order valence-corrected chi connectivity index (χ0v) is 16.9. The third kappa shape index (κ3) is 4.33. The van der Waals surface area contributed by atoms with Gasteiger partial charge in [0.05, 0.1) is 6.54 Å². The highest BCUT2D eigenvalue weighted by atomic mass is 19.1. The van der Waals surface area contributed by atoms with Crippen molar-refractivity contribution in [1.29, 1.82) is 0 Å². The Kier molecular flexibility index (Phi) is 6.16. The van der Waals surface area contributed by atoms with E-state index in [2.05, 4.69) is 5.32 Å². The molecule has 1 fully saturated rings. The Balaban J connectivity index is 1.59. The number of rotatable bonds is 5. The molecule has 160 valence electrons. The van der Waals surface area contributed by atoms with Crippen molar-refractivity contribution >= 4 is 17.5 Å². The van der Waals surface area contributed by atoms with Gasteiger partial charge in [-0.25, -0.2) is 9.18 Å². The Morgan fingerprint density at radius 3 is 2.30 bits per heavy atom. The summed E-state index contributed by atoms with van der Waals surface area (Å²) in [5.41, 5.74) is 4.74. The molecular formula is C20H24FN5O4. The SMILES string of the molecule is Cn1c(N)c(C(=O)CN2CCC(NC(=O)c3ccc(F)cc3)CC2)c(=O)n(C)c1=O. The molecule has 1 aromatic carbocycles. The molecule has 1 saturated heterocycles. The first-order chi connectivity index (χ1) is 14.2. The fourth-order valence-corrected chi connectivity index (χ4v) is 3.51. The fraction of sp³-hybridized carbons (Fsp3) is 0.400. The van der Waals surface area contributed by atoms with Crippen LogP contribution in [0, 0.1) is 5.82 Å². The smallest absolute Gasteiger partial charge is 0.332 e. The van der Waals surface area contributed by atoms with Crippen molar-refractivity contribution in [1.82, 2.24) is 19.4 Å². The lowest BCUT2D eigenvalue weighted by Gasteiger charge is -2.32. The van der Waals surface area contributed by atoms with E-state index >= 15 is 0 Å². The Morgan fingerprint density at radius 1 is 1.10 bits per heavy atom. The Morgan fingerprint density at radius 2 is 1.70 bits per heavy atom. The lowest BCUT2D eigenvalue weighted by atomic mass is 10.0. The number of ketones is 1. The average Bonchev–Trinajstić information content (AvgIpc) is 2.73. The van der Waals surface area contributed by atoms with Crippen LogP contribution in [0.3, 0.4) is 0 Å². The molecule has 1 amide bonds. The van der Waals surface area contributed by atoms with Gasteiger partial charge in [-0.15, -0.1) is 0 Å². The van der Waals surface area contributed by atoms with Gasteiger partial charge in [0.15, 0.2) is 5.78 Å². The van der Waals surface area contributed by atoms with Crippen LogP contribution in [0.25, 0.3) is 0 Å². The van der Waals surface area contributed by atoms with Crippen LogP contribution in [0.1, 0.15) is 33.6 Å². The molecule has 10 heteroatoms.